The van der Waals surface area contributed by atoms with Gasteiger partial charge in [0.1, 0.15) is 5.82 Å². The zero-order chi connectivity index (χ0) is 17.5. The Hall–Kier alpha value is -1.91. The van der Waals surface area contributed by atoms with E-state index in [4.69, 9.17) is 11.6 Å². The van der Waals surface area contributed by atoms with Crippen molar-refractivity contribution in [2.75, 3.05) is 13.6 Å². The van der Waals surface area contributed by atoms with Crippen molar-refractivity contribution in [3.63, 3.8) is 0 Å². The molecule has 128 valence electrons. The number of hydrogen-bond acceptors (Lipinski definition) is 2. The van der Waals surface area contributed by atoms with E-state index in [1.807, 2.05) is 49.2 Å². The smallest absolute Gasteiger partial charge is 0.221 e. The minimum atomic E-state index is -0.323. The summed E-state index contributed by atoms with van der Waals surface area (Å²) in [5.41, 5.74) is 1.53. The maximum Gasteiger partial charge on any atom is 0.221 e. The zero-order valence-electron chi connectivity index (χ0n) is 13.9. The van der Waals surface area contributed by atoms with Gasteiger partial charge in [0.25, 0.3) is 0 Å². The third-order valence-electron chi connectivity index (χ3n) is 3.89. The highest BCUT2D eigenvalue weighted by atomic mass is 35.5. The second kappa shape index (κ2) is 8.81. The Morgan fingerprint density at radius 1 is 1.21 bits per heavy atom. The van der Waals surface area contributed by atoms with E-state index >= 15 is 0 Å². The molecule has 2 rings (SSSR count). The maximum absolute atomic E-state index is 13.8. The van der Waals surface area contributed by atoms with Gasteiger partial charge in [0.2, 0.25) is 5.91 Å². The molecule has 1 amide bonds. The van der Waals surface area contributed by atoms with E-state index in [0.29, 0.717) is 30.1 Å². The monoisotopic (exact) mass is 348 g/mol. The van der Waals surface area contributed by atoms with E-state index in [0.717, 1.165) is 5.56 Å². The fourth-order valence-corrected chi connectivity index (χ4v) is 2.69. The number of nitrogens with zero attached hydrogens (tertiary/aromatic N) is 1. The third kappa shape index (κ3) is 5.32. The number of carbonyl (C=O) groups excluding carboxylic acids is 1. The summed E-state index contributed by atoms with van der Waals surface area (Å²) in [6.07, 6.45) is 0.347. The van der Waals surface area contributed by atoms with Gasteiger partial charge in [-0.2, -0.15) is 0 Å². The molecule has 0 bridgehead atoms. The minimum Gasteiger partial charge on any atom is -0.350 e. The van der Waals surface area contributed by atoms with Crippen molar-refractivity contribution in [3.8, 4) is 0 Å². The molecule has 0 fully saturated rings. The third-order valence-corrected chi connectivity index (χ3v) is 4.24. The van der Waals surface area contributed by atoms with Crippen LogP contribution in [0.3, 0.4) is 0 Å². The van der Waals surface area contributed by atoms with Gasteiger partial charge in [0, 0.05) is 30.1 Å². The summed E-state index contributed by atoms with van der Waals surface area (Å²) in [6.45, 7) is 2.85. The van der Waals surface area contributed by atoms with Gasteiger partial charge in [-0.1, -0.05) is 48.0 Å². The van der Waals surface area contributed by atoms with Crippen molar-refractivity contribution in [3.05, 3.63) is 70.5 Å². The Morgan fingerprint density at radius 2 is 1.92 bits per heavy atom. The van der Waals surface area contributed by atoms with Crippen LogP contribution in [0.2, 0.25) is 5.02 Å². The first kappa shape index (κ1) is 18.4. The first-order valence-corrected chi connectivity index (χ1v) is 8.31. The Morgan fingerprint density at radius 3 is 2.58 bits per heavy atom. The molecule has 1 unspecified atom stereocenters. The average Bonchev–Trinajstić information content (AvgIpc) is 2.57. The zero-order valence-corrected chi connectivity index (χ0v) is 14.7. The summed E-state index contributed by atoms with van der Waals surface area (Å²) in [6, 6.07) is 14.4. The Kier molecular flexibility index (Phi) is 6.76. The molecule has 0 spiro atoms. The molecule has 1 atom stereocenters. The lowest BCUT2D eigenvalue weighted by atomic mass is 10.1. The van der Waals surface area contributed by atoms with Gasteiger partial charge >= 0.3 is 0 Å². The second-order valence-corrected chi connectivity index (χ2v) is 6.30. The predicted molar refractivity (Wildman–Crippen MR) is 95.4 cm³/mol. The van der Waals surface area contributed by atoms with Crippen LogP contribution in [0.15, 0.2) is 48.5 Å². The van der Waals surface area contributed by atoms with Crippen molar-refractivity contribution in [1.29, 1.82) is 0 Å². The summed E-state index contributed by atoms with van der Waals surface area (Å²) in [5, 5.41) is 3.38. The summed E-state index contributed by atoms with van der Waals surface area (Å²) in [5.74, 6) is -0.352. The quantitative estimate of drug-likeness (QED) is 0.814. The fraction of sp³-hybridized carbons (Fsp3) is 0.316. The number of halogens is 2. The molecule has 0 aliphatic carbocycles. The lowest BCUT2D eigenvalue weighted by molar-refractivity contribution is -0.122. The van der Waals surface area contributed by atoms with Crippen molar-refractivity contribution < 1.29 is 9.18 Å². The number of benzene rings is 2. The molecule has 0 aliphatic heterocycles. The highest BCUT2D eigenvalue weighted by Crippen LogP contribution is 2.20. The average molecular weight is 349 g/mol. The first-order valence-electron chi connectivity index (χ1n) is 7.93. The first-order chi connectivity index (χ1) is 11.5. The van der Waals surface area contributed by atoms with Crippen LogP contribution in [0.25, 0.3) is 0 Å². The van der Waals surface area contributed by atoms with E-state index in [-0.39, 0.29) is 17.8 Å². The summed E-state index contributed by atoms with van der Waals surface area (Å²) >= 11 is 6.03. The number of rotatable bonds is 7. The molecular formula is C19H22ClFN2O. The van der Waals surface area contributed by atoms with Crippen molar-refractivity contribution in [1.82, 2.24) is 10.2 Å². The molecular weight excluding hydrogens is 327 g/mol. The molecule has 0 saturated carbocycles. The predicted octanol–water partition coefficient (Wildman–Crippen LogP) is 4.18. The van der Waals surface area contributed by atoms with E-state index in [2.05, 4.69) is 5.32 Å². The van der Waals surface area contributed by atoms with Crippen LogP contribution in [0.1, 0.15) is 30.5 Å². The number of carbonyl (C=O) groups is 1. The highest BCUT2D eigenvalue weighted by molar-refractivity contribution is 6.31. The van der Waals surface area contributed by atoms with E-state index < -0.39 is 0 Å². The lowest BCUT2D eigenvalue weighted by Crippen LogP contribution is -2.30. The minimum absolute atomic E-state index is 0.0298. The maximum atomic E-state index is 13.8. The second-order valence-electron chi connectivity index (χ2n) is 5.89. The van der Waals surface area contributed by atoms with Gasteiger partial charge in [-0.15, -0.1) is 0 Å². The Labute approximate surface area is 147 Å². The van der Waals surface area contributed by atoms with Crippen LogP contribution in [-0.4, -0.2) is 24.4 Å². The normalized spacial score (nSPS) is 12.2. The SMILES string of the molecule is CC(NC(=O)CCN(C)Cc1c(F)cccc1Cl)c1ccccc1. The van der Waals surface area contributed by atoms with Gasteiger partial charge in [-0.25, -0.2) is 4.39 Å². The van der Waals surface area contributed by atoms with Gasteiger partial charge < -0.3 is 10.2 Å². The lowest BCUT2D eigenvalue weighted by Gasteiger charge is -2.19. The van der Waals surface area contributed by atoms with E-state index in [1.165, 1.54) is 6.07 Å². The molecule has 0 heterocycles. The summed E-state index contributed by atoms with van der Waals surface area (Å²) < 4.78 is 13.8. The Balaban J connectivity index is 1.81. The molecule has 0 aliphatic rings. The van der Waals surface area contributed by atoms with Crippen LogP contribution in [0.4, 0.5) is 4.39 Å². The summed E-state index contributed by atoms with van der Waals surface area (Å²) in [4.78, 5) is 14.0. The van der Waals surface area contributed by atoms with Crippen LogP contribution in [-0.2, 0) is 11.3 Å². The van der Waals surface area contributed by atoms with Gasteiger partial charge in [-0.05, 0) is 31.7 Å². The molecule has 2 aromatic rings. The van der Waals surface area contributed by atoms with E-state index in [9.17, 15) is 9.18 Å². The fourth-order valence-electron chi connectivity index (χ4n) is 2.46. The van der Waals surface area contributed by atoms with Gasteiger partial charge in [0.15, 0.2) is 0 Å². The summed E-state index contributed by atoms with van der Waals surface area (Å²) in [7, 11) is 1.84. The van der Waals surface area contributed by atoms with Crippen LogP contribution >= 0.6 is 11.6 Å². The molecule has 1 N–H and O–H groups in total. The van der Waals surface area contributed by atoms with Crippen molar-refractivity contribution in [2.45, 2.75) is 25.9 Å². The molecule has 0 radical (unpaired) electrons. The Bertz CT molecular complexity index is 658. The van der Waals surface area contributed by atoms with Crippen LogP contribution in [0, 0.1) is 5.82 Å². The van der Waals surface area contributed by atoms with Crippen LogP contribution < -0.4 is 5.32 Å². The van der Waals surface area contributed by atoms with Crippen molar-refractivity contribution >= 4 is 17.5 Å². The van der Waals surface area contributed by atoms with Crippen molar-refractivity contribution in [2.24, 2.45) is 0 Å². The molecule has 5 heteroatoms. The molecule has 2 aromatic carbocycles. The number of amides is 1. The highest BCUT2D eigenvalue weighted by Gasteiger charge is 2.12. The molecule has 0 aromatic heterocycles. The number of nitrogens with one attached hydrogen (secondary N) is 1. The van der Waals surface area contributed by atoms with Crippen LogP contribution in [0.5, 0.6) is 0 Å². The van der Waals surface area contributed by atoms with E-state index in [1.54, 1.807) is 12.1 Å². The van der Waals surface area contributed by atoms with Gasteiger partial charge in [0.05, 0.1) is 6.04 Å². The standard InChI is InChI=1S/C19H22ClFN2O/c1-14(15-7-4-3-5-8-15)22-19(24)11-12-23(2)13-16-17(20)9-6-10-18(16)21/h3-10,14H,11-13H2,1-2H3,(H,22,24). The largest absolute Gasteiger partial charge is 0.350 e. The van der Waals surface area contributed by atoms with Gasteiger partial charge in [-0.3, -0.25) is 4.79 Å². The number of hydrogen-bond donors (Lipinski definition) is 1. The molecule has 24 heavy (non-hydrogen) atoms. The molecule has 3 nitrogen and oxygen atoms in total. The topological polar surface area (TPSA) is 32.3 Å². The molecule has 0 saturated heterocycles.